The van der Waals surface area contributed by atoms with Crippen LogP contribution in [0.1, 0.15) is 48.9 Å². The van der Waals surface area contributed by atoms with Gasteiger partial charge >= 0.3 is 0 Å². The van der Waals surface area contributed by atoms with Gasteiger partial charge < -0.3 is 19.9 Å². The molecule has 1 aliphatic heterocycles. The number of hydrogen-bond acceptors (Lipinski definition) is 4. The molecule has 5 nitrogen and oxygen atoms in total. The minimum atomic E-state index is -0.134. The molecule has 126 valence electrons. The molecule has 5 heteroatoms. The van der Waals surface area contributed by atoms with Crippen LogP contribution in [0.25, 0.3) is 0 Å². The topological polar surface area (TPSA) is 67.8 Å². The van der Waals surface area contributed by atoms with E-state index < -0.39 is 0 Å². The number of benzene rings is 1. The van der Waals surface area contributed by atoms with Crippen molar-refractivity contribution in [3.05, 3.63) is 23.8 Å². The van der Waals surface area contributed by atoms with Gasteiger partial charge in [0.1, 0.15) is 0 Å². The molecule has 1 atom stereocenters. The number of fused-ring (bicyclic) bond motifs is 1. The summed E-state index contributed by atoms with van der Waals surface area (Å²) in [6.07, 6.45) is 7.44. The molecular weight excluding hydrogens is 294 g/mol. The fourth-order valence-electron chi connectivity index (χ4n) is 3.49. The Morgan fingerprint density at radius 1 is 1.22 bits per heavy atom. The molecule has 2 aliphatic rings. The summed E-state index contributed by atoms with van der Waals surface area (Å²) in [5.41, 5.74) is 0.559. The normalized spacial score (nSPS) is 18.7. The van der Waals surface area contributed by atoms with Crippen LogP contribution >= 0.6 is 0 Å². The largest absolute Gasteiger partial charge is 0.454 e. The minimum absolute atomic E-state index is 0.123. The summed E-state index contributed by atoms with van der Waals surface area (Å²) in [5, 5.41) is 12.5. The van der Waals surface area contributed by atoms with E-state index in [0.29, 0.717) is 29.5 Å². The highest BCUT2D eigenvalue weighted by Crippen LogP contribution is 2.32. The lowest BCUT2D eigenvalue weighted by Gasteiger charge is -2.25. The molecule has 23 heavy (non-hydrogen) atoms. The molecule has 1 aliphatic carbocycles. The average molecular weight is 319 g/mol. The molecule has 0 aromatic heterocycles. The average Bonchev–Trinajstić information content (AvgIpc) is 3.06. The van der Waals surface area contributed by atoms with Crippen molar-refractivity contribution in [2.75, 3.05) is 19.9 Å². The number of aliphatic hydroxyl groups is 1. The number of nitrogens with one attached hydrogen (secondary N) is 1. The van der Waals surface area contributed by atoms with E-state index in [9.17, 15) is 9.90 Å². The molecule has 0 saturated heterocycles. The molecule has 1 amide bonds. The first-order chi connectivity index (χ1) is 11.3. The van der Waals surface area contributed by atoms with Gasteiger partial charge in [-0.2, -0.15) is 0 Å². The lowest BCUT2D eigenvalue weighted by atomic mass is 9.83. The van der Waals surface area contributed by atoms with Crippen LogP contribution in [0.5, 0.6) is 11.5 Å². The maximum absolute atomic E-state index is 12.3. The first kappa shape index (κ1) is 16.1. The zero-order chi connectivity index (χ0) is 16.1. The molecule has 3 rings (SSSR count). The molecule has 1 unspecified atom stereocenters. The quantitative estimate of drug-likeness (QED) is 0.846. The van der Waals surface area contributed by atoms with Gasteiger partial charge in [-0.3, -0.25) is 4.79 Å². The molecule has 1 aromatic carbocycles. The highest BCUT2D eigenvalue weighted by Gasteiger charge is 2.20. The zero-order valence-corrected chi connectivity index (χ0v) is 13.4. The van der Waals surface area contributed by atoms with E-state index in [1.807, 2.05) is 0 Å². The Bertz CT molecular complexity index is 540. The first-order valence-corrected chi connectivity index (χ1v) is 8.55. The SMILES string of the molecule is O=C(NCC(CO)CC1CCCCC1)c1ccc2c(c1)OCO2. The van der Waals surface area contributed by atoms with E-state index in [4.69, 9.17) is 9.47 Å². The molecule has 0 bridgehead atoms. The molecular formula is C18H25NO4. The van der Waals surface area contributed by atoms with Gasteiger partial charge in [0.15, 0.2) is 11.5 Å². The third kappa shape index (κ3) is 4.16. The number of aliphatic hydroxyl groups excluding tert-OH is 1. The number of hydrogen-bond donors (Lipinski definition) is 2. The molecule has 0 radical (unpaired) electrons. The van der Waals surface area contributed by atoms with Crippen LogP contribution in [0.4, 0.5) is 0 Å². The molecule has 2 N–H and O–H groups in total. The van der Waals surface area contributed by atoms with Crippen LogP contribution in [-0.4, -0.2) is 31.0 Å². The van der Waals surface area contributed by atoms with Gasteiger partial charge in [-0.1, -0.05) is 32.1 Å². The molecule has 1 fully saturated rings. The van der Waals surface area contributed by atoms with Gasteiger partial charge in [0.25, 0.3) is 5.91 Å². The summed E-state index contributed by atoms with van der Waals surface area (Å²) in [6.45, 7) is 0.840. The third-order valence-electron chi connectivity index (χ3n) is 4.84. The molecule has 1 heterocycles. The number of amides is 1. The summed E-state index contributed by atoms with van der Waals surface area (Å²) in [5.74, 6) is 1.98. The Balaban J connectivity index is 1.50. The Labute approximate surface area is 137 Å². The monoisotopic (exact) mass is 319 g/mol. The van der Waals surface area contributed by atoms with Crippen molar-refractivity contribution in [2.24, 2.45) is 11.8 Å². The highest BCUT2D eigenvalue weighted by molar-refractivity contribution is 5.94. The van der Waals surface area contributed by atoms with Crippen LogP contribution in [0, 0.1) is 11.8 Å². The van der Waals surface area contributed by atoms with Gasteiger partial charge in [-0.05, 0) is 36.5 Å². The van der Waals surface area contributed by atoms with E-state index in [-0.39, 0.29) is 25.2 Å². The Morgan fingerprint density at radius 3 is 2.78 bits per heavy atom. The van der Waals surface area contributed by atoms with Gasteiger partial charge in [0, 0.05) is 18.7 Å². The predicted octanol–water partition coefficient (Wildman–Crippen LogP) is 2.72. The van der Waals surface area contributed by atoms with E-state index in [0.717, 1.165) is 6.42 Å². The summed E-state index contributed by atoms with van der Waals surface area (Å²) >= 11 is 0. The smallest absolute Gasteiger partial charge is 0.251 e. The predicted molar refractivity (Wildman–Crippen MR) is 86.7 cm³/mol. The number of rotatable bonds is 6. The van der Waals surface area contributed by atoms with E-state index >= 15 is 0 Å². The van der Waals surface area contributed by atoms with E-state index in [1.54, 1.807) is 18.2 Å². The van der Waals surface area contributed by atoms with Crippen molar-refractivity contribution in [2.45, 2.75) is 38.5 Å². The minimum Gasteiger partial charge on any atom is -0.454 e. The lowest BCUT2D eigenvalue weighted by Crippen LogP contribution is -2.32. The Kier molecular flexibility index (Phi) is 5.39. The van der Waals surface area contributed by atoms with Crippen molar-refractivity contribution in [1.29, 1.82) is 0 Å². The standard InChI is InChI=1S/C18H25NO4/c20-11-14(8-13-4-2-1-3-5-13)10-19-18(21)15-6-7-16-17(9-15)23-12-22-16/h6-7,9,13-14,20H,1-5,8,10-12H2,(H,19,21). The maximum Gasteiger partial charge on any atom is 0.251 e. The zero-order valence-electron chi connectivity index (χ0n) is 13.4. The van der Waals surface area contributed by atoms with Gasteiger partial charge in [-0.25, -0.2) is 0 Å². The van der Waals surface area contributed by atoms with Crippen molar-refractivity contribution in [3.63, 3.8) is 0 Å². The van der Waals surface area contributed by atoms with Crippen molar-refractivity contribution < 1.29 is 19.4 Å². The summed E-state index contributed by atoms with van der Waals surface area (Å²) in [7, 11) is 0. The molecule has 0 spiro atoms. The Hall–Kier alpha value is -1.75. The molecule has 1 saturated carbocycles. The van der Waals surface area contributed by atoms with Crippen molar-refractivity contribution in [3.8, 4) is 11.5 Å². The maximum atomic E-state index is 12.3. The van der Waals surface area contributed by atoms with Crippen LogP contribution < -0.4 is 14.8 Å². The number of carbonyl (C=O) groups excluding carboxylic acids is 1. The summed E-state index contributed by atoms with van der Waals surface area (Å²) in [6, 6.07) is 5.19. The van der Waals surface area contributed by atoms with Crippen LogP contribution in [0.3, 0.4) is 0 Å². The number of ether oxygens (including phenoxy) is 2. The van der Waals surface area contributed by atoms with Crippen molar-refractivity contribution in [1.82, 2.24) is 5.32 Å². The summed E-state index contributed by atoms with van der Waals surface area (Å²) in [4.78, 5) is 12.3. The van der Waals surface area contributed by atoms with Crippen LogP contribution in [-0.2, 0) is 0 Å². The lowest BCUT2D eigenvalue weighted by molar-refractivity contribution is 0.0932. The fraction of sp³-hybridized carbons (Fsp3) is 0.611. The Morgan fingerprint density at radius 2 is 2.00 bits per heavy atom. The van der Waals surface area contributed by atoms with Crippen LogP contribution in [0.2, 0.25) is 0 Å². The second-order valence-corrected chi connectivity index (χ2v) is 6.57. The first-order valence-electron chi connectivity index (χ1n) is 8.55. The van der Waals surface area contributed by atoms with E-state index in [2.05, 4.69) is 5.32 Å². The number of carbonyl (C=O) groups is 1. The fourth-order valence-corrected chi connectivity index (χ4v) is 3.49. The second kappa shape index (κ2) is 7.68. The van der Waals surface area contributed by atoms with Gasteiger partial charge in [0.05, 0.1) is 0 Å². The van der Waals surface area contributed by atoms with Crippen LogP contribution in [0.15, 0.2) is 18.2 Å². The van der Waals surface area contributed by atoms with Gasteiger partial charge in [0.2, 0.25) is 6.79 Å². The summed E-state index contributed by atoms with van der Waals surface area (Å²) < 4.78 is 10.5. The third-order valence-corrected chi connectivity index (χ3v) is 4.84. The second-order valence-electron chi connectivity index (χ2n) is 6.57. The highest BCUT2D eigenvalue weighted by atomic mass is 16.7. The van der Waals surface area contributed by atoms with E-state index in [1.165, 1.54) is 32.1 Å². The molecule has 1 aromatic rings. The van der Waals surface area contributed by atoms with Crippen molar-refractivity contribution >= 4 is 5.91 Å². The van der Waals surface area contributed by atoms with Gasteiger partial charge in [-0.15, -0.1) is 0 Å².